The molecule has 0 aromatic carbocycles. The highest BCUT2D eigenvalue weighted by Gasteiger charge is 2.40. The third-order valence-corrected chi connectivity index (χ3v) is 2.21. The molecule has 0 unspecified atom stereocenters. The van der Waals surface area contributed by atoms with Crippen molar-refractivity contribution in [3.63, 3.8) is 0 Å². The molecule has 0 saturated heterocycles. The molecule has 0 aliphatic heterocycles. The number of esters is 1. The minimum Gasteiger partial charge on any atom is -0.469 e. The van der Waals surface area contributed by atoms with Crippen molar-refractivity contribution in [2.75, 3.05) is 7.11 Å². The molecule has 1 aromatic rings. The first-order chi connectivity index (χ1) is 8.68. The maximum atomic E-state index is 13.3. The molecule has 0 aliphatic carbocycles. The van der Waals surface area contributed by atoms with Gasteiger partial charge in [-0.3, -0.25) is 4.79 Å². The van der Waals surface area contributed by atoms with Crippen LogP contribution >= 0.6 is 0 Å². The van der Waals surface area contributed by atoms with Gasteiger partial charge in [-0.05, 0) is 0 Å². The van der Waals surface area contributed by atoms with Crippen LogP contribution in [0.5, 0.6) is 0 Å². The second kappa shape index (κ2) is 5.45. The molecule has 3 nitrogen and oxygen atoms in total. The van der Waals surface area contributed by atoms with E-state index in [1.54, 1.807) is 0 Å². The monoisotopic (exact) mass is 287 g/mol. The van der Waals surface area contributed by atoms with Crippen molar-refractivity contribution in [3.05, 3.63) is 28.8 Å². The van der Waals surface area contributed by atoms with Gasteiger partial charge in [-0.2, -0.15) is 13.2 Å². The molecule has 1 heterocycles. The van der Waals surface area contributed by atoms with Gasteiger partial charge in [-0.15, -0.1) is 0 Å². The number of halogens is 6. The third kappa shape index (κ3) is 3.36. The zero-order chi connectivity index (χ0) is 14.8. The van der Waals surface area contributed by atoms with Crippen molar-refractivity contribution in [2.24, 2.45) is 0 Å². The quantitative estimate of drug-likeness (QED) is 0.634. The van der Waals surface area contributed by atoms with Crippen LogP contribution in [0, 0.1) is 5.82 Å². The average Bonchev–Trinajstić information content (AvgIpc) is 2.29. The lowest BCUT2D eigenvalue weighted by Gasteiger charge is -2.15. The number of nitrogens with zero attached hydrogens (tertiary/aromatic N) is 1. The Kier molecular flexibility index (Phi) is 4.38. The zero-order valence-corrected chi connectivity index (χ0v) is 9.39. The van der Waals surface area contributed by atoms with Crippen molar-refractivity contribution in [3.8, 4) is 0 Å². The topological polar surface area (TPSA) is 39.2 Å². The lowest BCUT2D eigenvalue weighted by atomic mass is 10.0. The minimum atomic E-state index is -5.18. The van der Waals surface area contributed by atoms with Crippen LogP contribution in [-0.4, -0.2) is 18.1 Å². The molecule has 0 N–H and O–H groups in total. The number of aromatic nitrogens is 1. The van der Waals surface area contributed by atoms with Crippen LogP contribution in [0.15, 0.2) is 6.20 Å². The Bertz CT molecular complexity index is 486. The van der Waals surface area contributed by atoms with E-state index in [0.29, 0.717) is 0 Å². The summed E-state index contributed by atoms with van der Waals surface area (Å²) in [6.45, 7) is 0. The number of ether oxygens (including phenoxy) is 1. The van der Waals surface area contributed by atoms with Crippen molar-refractivity contribution in [2.45, 2.75) is 19.0 Å². The highest BCUT2D eigenvalue weighted by molar-refractivity contribution is 5.73. The molecule has 0 spiro atoms. The highest BCUT2D eigenvalue weighted by Crippen LogP contribution is 2.37. The fraction of sp³-hybridized carbons (Fsp3) is 0.400. The summed E-state index contributed by atoms with van der Waals surface area (Å²) in [5.41, 5.74) is -4.62. The number of carbonyl (C=O) groups excluding carboxylic acids is 1. The summed E-state index contributed by atoms with van der Waals surface area (Å²) in [5.74, 6) is -2.56. The van der Waals surface area contributed by atoms with Crippen LogP contribution in [0.2, 0.25) is 0 Å². The number of rotatable bonds is 3. The molecular weight excluding hydrogens is 280 g/mol. The summed E-state index contributed by atoms with van der Waals surface area (Å²) in [5, 5.41) is 0. The predicted molar refractivity (Wildman–Crippen MR) is 49.9 cm³/mol. The molecule has 1 aromatic heterocycles. The number of methoxy groups -OCH3 is 1. The maximum absolute atomic E-state index is 13.3. The Hall–Kier alpha value is -1.80. The van der Waals surface area contributed by atoms with Gasteiger partial charge in [0.2, 0.25) is 0 Å². The fourth-order valence-electron chi connectivity index (χ4n) is 1.40. The van der Waals surface area contributed by atoms with Crippen molar-refractivity contribution in [1.29, 1.82) is 0 Å². The van der Waals surface area contributed by atoms with Gasteiger partial charge in [0.1, 0.15) is 5.82 Å². The van der Waals surface area contributed by atoms with E-state index in [1.165, 1.54) is 0 Å². The van der Waals surface area contributed by atoms with Gasteiger partial charge in [0.05, 0.1) is 25.3 Å². The predicted octanol–water partition coefficient (Wildman–Crippen LogP) is 2.89. The smallest absolute Gasteiger partial charge is 0.433 e. The number of alkyl halides is 5. The van der Waals surface area contributed by atoms with Gasteiger partial charge in [0, 0.05) is 5.56 Å². The molecule has 106 valence electrons. The molecule has 0 amide bonds. The number of carbonyl (C=O) groups is 1. The van der Waals surface area contributed by atoms with Crippen LogP contribution in [0.25, 0.3) is 0 Å². The minimum absolute atomic E-state index is 0.146. The van der Waals surface area contributed by atoms with Crippen LogP contribution in [0.4, 0.5) is 26.3 Å². The maximum Gasteiger partial charge on any atom is 0.433 e. The summed E-state index contributed by atoms with van der Waals surface area (Å²) in [4.78, 5) is 13.6. The van der Waals surface area contributed by atoms with E-state index in [4.69, 9.17) is 0 Å². The second-order valence-corrected chi connectivity index (χ2v) is 3.40. The zero-order valence-electron chi connectivity index (χ0n) is 9.39. The van der Waals surface area contributed by atoms with E-state index in [1.807, 2.05) is 0 Å². The van der Waals surface area contributed by atoms with Crippen molar-refractivity contribution >= 4 is 5.97 Å². The summed E-state index contributed by atoms with van der Waals surface area (Å²) in [7, 11) is 0.897. The highest BCUT2D eigenvalue weighted by atomic mass is 19.4. The average molecular weight is 287 g/mol. The molecule has 0 radical (unpaired) electrons. The number of pyridine rings is 1. The van der Waals surface area contributed by atoms with Gasteiger partial charge in [-0.1, -0.05) is 0 Å². The summed E-state index contributed by atoms with van der Waals surface area (Å²) >= 11 is 0. The summed E-state index contributed by atoms with van der Waals surface area (Å²) < 4.78 is 80.3. The van der Waals surface area contributed by atoms with E-state index in [-0.39, 0.29) is 6.20 Å². The number of hydrogen-bond acceptors (Lipinski definition) is 3. The Labute approximate surface area is 103 Å². The lowest BCUT2D eigenvalue weighted by molar-refractivity contribution is -0.144. The molecule has 0 aliphatic rings. The van der Waals surface area contributed by atoms with Crippen LogP contribution in [-0.2, 0) is 22.1 Å². The van der Waals surface area contributed by atoms with Gasteiger partial charge >= 0.3 is 12.1 Å². The van der Waals surface area contributed by atoms with Gasteiger partial charge in [0.25, 0.3) is 6.43 Å². The summed E-state index contributed by atoms with van der Waals surface area (Å²) in [6.07, 6.45) is -9.69. The molecule has 1 rings (SSSR count). The fourth-order valence-corrected chi connectivity index (χ4v) is 1.40. The SMILES string of the molecule is COC(=O)Cc1c(F)cnc(C(F)(F)F)c1C(F)F. The van der Waals surface area contributed by atoms with E-state index < -0.39 is 47.6 Å². The standard InChI is InChI=1S/C10H7F6NO2/c1-19-6(18)2-4-5(11)3-17-8(10(14,15)16)7(4)9(12)13/h3,9H,2H2,1H3. The van der Waals surface area contributed by atoms with E-state index in [2.05, 4.69) is 9.72 Å². The first-order valence-electron chi connectivity index (χ1n) is 4.78. The Morgan fingerprint density at radius 1 is 1.42 bits per heavy atom. The van der Waals surface area contributed by atoms with E-state index in [0.717, 1.165) is 7.11 Å². The molecule has 19 heavy (non-hydrogen) atoms. The van der Waals surface area contributed by atoms with Crippen LogP contribution in [0.3, 0.4) is 0 Å². The first kappa shape index (κ1) is 15.3. The Balaban J connectivity index is 3.46. The molecule has 0 saturated carbocycles. The third-order valence-electron chi connectivity index (χ3n) is 2.21. The normalized spacial score (nSPS) is 11.8. The molecule has 0 fully saturated rings. The van der Waals surface area contributed by atoms with Crippen molar-refractivity contribution in [1.82, 2.24) is 4.98 Å². The number of hydrogen-bond donors (Lipinski definition) is 0. The van der Waals surface area contributed by atoms with E-state index >= 15 is 0 Å². The molecule has 9 heteroatoms. The Morgan fingerprint density at radius 2 is 2.00 bits per heavy atom. The molecule has 0 atom stereocenters. The Morgan fingerprint density at radius 3 is 2.42 bits per heavy atom. The van der Waals surface area contributed by atoms with Gasteiger partial charge in [-0.25, -0.2) is 18.2 Å². The van der Waals surface area contributed by atoms with Crippen LogP contribution in [0.1, 0.15) is 23.2 Å². The van der Waals surface area contributed by atoms with Crippen molar-refractivity contribution < 1.29 is 35.9 Å². The lowest BCUT2D eigenvalue weighted by Crippen LogP contribution is -2.18. The van der Waals surface area contributed by atoms with Gasteiger partial charge in [0.15, 0.2) is 5.69 Å². The first-order valence-corrected chi connectivity index (χ1v) is 4.78. The summed E-state index contributed by atoms with van der Waals surface area (Å²) in [6, 6.07) is 0. The van der Waals surface area contributed by atoms with Gasteiger partial charge < -0.3 is 4.74 Å². The van der Waals surface area contributed by atoms with Crippen LogP contribution < -0.4 is 0 Å². The second-order valence-electron chi connectivity index (χ2n) is 3.40. The molecular formula is C10H7F6NO2. The van der Waals surface area contributed by atoms with E-state index in [9.17, 15) is 31.1 Å². The largest absolute Gasteiger partial charge is 0.469 e. The molecule has 0 bridgehead atoms.